The van der Waals surface area contributed by atoms with Gasteiger partial charge in [-0.1, -0.05) is 26.0 Å². The summed E-state index contributed by atoms with van der Waals surface area (Å²) in [6.45, 7) is 4.65. The van der Waals surface area contributed by atoms with Crippen LogP contribution in [-0.4, -0.2) is 9.97 Å². The van der Waals surface area contributed by atoms with Crippen molar-refractivity contribution in [1.82, 2.24) is 9.97 Å². The molecule has 3 aromatic heterocycles. The quantitative estimate of drug-likeness (QED) is 0.327. The molecule has 1 aliphatic rings. The van der Waals surface area contributed by atoms with Crippen LogP contribution < -0.4 is 0 Å². The predicted molar refractivity (Wildman–Crippen MR) is 110 cm³/mol. The summed E-state index contributed by atoms with van der Waals surface area (Å²) in [5.74, 6) is 0. The third-order valence-corrected chi connectivity index (χ3v) is 6.87. The van der Waals surface area contributed by atoms with Gasteiger partial charge in [0, 0.05) is 55.1 Å². The van der Waals surface area contributed by atoms with Crippen molar-refractivity contribution in [3.63, 3.8) is 0 Å². The van der Waals surface area contributed by atoms with Gasteiger partial charge in [0.25, 0.3) is 0 Å². The number of hydrogen-bond donors (Lipinski definition) is 0. The smallest absolute Gasteiger partial charge is 0.0746 e. The van der Waals surface area contributed by atoms with Gasteiger partial charge in [-0.05, 0) is 46.8 Å². The zero-order valence-corrected chi connectivity index (χ0v) is 15.4. The molecule has 3 heteroatoms. The van der Waals surface area contributed by atoms with Crippen LogP contribution >= 0.6 is 11.3 Å². The number of rotatable bonds is 0. The molecule has 0 aliphatic heterocycles. The molecule has 0 saturated carbocycles. The molecule has 0 bridgehead atoms. The monoisotopic (exact) mass is 352 g/mol. The Kier molecular flexibility index (Phi) is 2.59. The average molecular weight is 352 g/mol. The van der Waals surface area contributed by atoms with E-state index in [0.717, 1.165) is 5.69 Å². The maximum atomic E-state index is 4.71. The second-order valence-electron chi connectivity index (χ2n) is 7.56. The first kappa shape index (κ1) is 14.4. The molecule has 26 heavy (non-hydrogen) atoms. The van der Waals surface area contributed by atoms with Gasteiger partial charge in [0.1, 0.15) is 0 Å². The van der Waals surface area contributed by atoms with Crippen molar-refractivity contribution in [2.45, 2.75) is 19.3 Å². The summed E-state index contributed by atoms with van der Waals surface area (Å²) in [4.78, 5) is 9.02. The van der Waals surface area contributed by atoms with E-state index in [2.05, 4.69) is 61.3 Å². The van der Waals surface area contributed by atoms with Crippen LogP contribution in [0.15, 0.2) is 61.1 Å². The Morgan fingerprint density at radius 1 is 0.923 bits per heavy atom. The Bertz CT molecular complexity index is 1360. The van der Waals surface area contributed by atoms with Crippen LogP contribution in [0.1, 0.15) is 25.0 Å². The van der Waals surface area contributed by atoms with E-state index in [-0.39, 0.29) is 5.41 Å². The van der Waals surface area contributed by atoms with E-state index in [1.807, 2.05) is 29.9 Å². The highest BCUT2D eigenvalue weighted by molar-refractivity contribution is 7.26. The van der Waals surface area contributed by atoms with E-state index >= 15 is 0 Å². The number of benzene rings is 2. The molecule has 0 fully saturated rings. The van der Waals surface area contributed by atoms with E-state index in [9.17, 15) is 0 Å². The standard InChI is InChI=1S/C23H16N2S/c1-23(2)17-4-3-8-25-22(17)15-5-6-18-20(21(15)23)16-10-14-12-24-9-7-13(14)11-19(16)26-18/h3-12H,1-2H3. The molecule has 0 N–H and O–H groups in total. The van der Waals surface area contributed by atoms with Crippen LogP contribution in [0.2, 0.25) is 0 Å². The molecule has 2 aromatic carbocycles. The first-order chi connectivity index (χ1) is 12.6. The van der Waals surface area contributed by atoms with Crippen LogP contribution in [0.4, 0.5) is 0 Å². The Labute approximate surface area is 155 Å². The number of pyridine rings is 2. The van der Waals surface area contributed by atoms with Crippen molar-refractivity contribution in [2.24, 2.45) is 0 Å². The molecule has 5 aromatic rings. The van der Waals surface area contributed by atoms with E-state index in [0.29, 0.717) is 0 Å². The zero-order chi connectivity index (χ0) is 17.5. The molecular weight excluding hydrogens is 336 g/mol. The van der Waals surface area contributed by atoms with Gasteiger partial charge in [0.05, 0.1) is 5.69 Å². The molecule has 3 heterocycles. The lowest BCUT2D eigenvalue weighted by molar-refractivity contribution is 0.665. The van der Waals surface area contributed by atoms with Crippen LogP contribution in [0.3, 0.4) is 0 Å². The van der Waals surface area contributed by atoms with Gasteiger partial charge >= 0.3 is 0 Å². The van der Waals surface area contributed by atoms with Gasteiger partial charge in [-0.15, -0.1) is 11.3 Å². The minimum Gasteiger partial charge on any atom is -0.264 e. The predicted octanol–water partition coefficient (Wildman–Crippen LogP) is 6.30. The minimum absolute atomic E-state index is 0.0453. The molecule has 0 unspecified atom stereocenters. The number of nitrogens with zero attached hydrogens (tertiary/aromatic N) is 2. The molecule has 6 rings (SSSR count). The molecule has 1 aliphatic carbocycles. The second kappa shape index (κ2) is 4.68. The van der Waals surface area contributed by atoms with Crippen LogP contribution in [0, 0.1) is 0 Å². The normalized spacial score (nSPS) is 14.8. The third-order valence-electron chi connectivity index (χ3n) is 5.76. The van der Waals surface area contributed by atoms with E-state index < -0.39 is 0 Å². The molecule has 0 amide bonds. The SMILES string of the molecule is CC1(C)c2cccnc2-c2ccc3sc4cc5ccncc5cc4c3c21. The fraction of sp³-hybridized carbons (Fsp3) is 0.130. The van der Waals surface area contributed by atoms with Gasteiger partial charge in [-0.25, -0.2) is 0 Å². The van der Waals surface area contributed by atoms with E-state index in [1.54, 1.807) is 0 Å². The maximum Gasteiger partial charge on any atom is 0.0746 e. The van der Waals surface area contributed by atoms with Crippen molar-refractivity contribution in [1.29, 1.82) is 0 Å². The number of fused-ring (bicyclic) bond motifs is 8. The molecule has 0 atom stereocenters. The topological polar surface area (TPSA) is 25.8 Å². The van der Waals surface area contributed by atoms with Gasteiger partial charge < -0.3 is 0 Å². The molecule has 0 spiro atoms. The molecule has 124 valence electrons. The zero-order valence-electron chi connectivity index (χ0n) is 14.6. The molecular formula is C23H16N2S. The lowest BCUT2D eigenvalue weighted by Gasteiger charge is -2.22. The number of thiophene rings is 1. The minimum atomic E-state index is -0.0453. The fourth-order valence-corrected chi connectivity index (χ4v) is 5.70. The largest absolute Gasteiger partial charge is 0.264 e. The maximum absolute atomic E-state index is 4.71. The summed E-state index contributed by atoms with van der Waals surface area (Å²) in [7, 11) is 0. The Balaban J connectivity index is 1.83. The van der Waals surface area contributed by atoms with Gasteiger partial charge in [0.15, 0.2) is 0 Å². The van der Waals surface area contributed by atoms with Gasteiger partial charge in [0.2, 0.25) is 0 Å². The van der Waals surface area contributed by atoms with Crippen molar-refractivity contribution < 1.29 is 0 Å². The van der Waals surface area contributed by atoms with Crippen molar-refractivity contribution in [2.75, 3.05) is 0 Å². The van der Waals surface area contributed by atoms with Gasteiger partial charge in [-0.2, -0.15) is 0 Å². The first-order valence-electron chi connectivity index (χ1n) is 8.84. The average Bonchev–Trinajstić information content (AvgIpc) is 3.12. The Morgan fingerprint density at radius 3 is 2.77 bits per heavy atom. The van der Waals surface area contributed by atoms with Crippen molar-refractivity contribution in [3.8, 4) is 11.3 Å². The van der Waals surface area contributed by atoms with Crippen LogP contribution in [0.5, 0.6) is 0 Å². The lowest BCUT2D eigenvalue weighted by Crippen LogP contribution is -2.15. The number of aromatic nitrogens is 2. The molecule has 2 nitrogen and oxygen atoms in total. The Morgan fingerprint density at radius 2 is 1.85 bits per heavy atom. The highest BCUT2D eigenvalue weighted by Gasteiger charge is 2.38. The van der Waals surface area contributed by atoms with E-state index in [1.165, 1.54) is 47.6 Å². The highest BCUT2D eigenvalue weighted by atomic mass is 32.1. The summed E-state index contributed by atoms with van der Waals surface area (Å²) in [6, 6.07) is 15.5. The highest BCUT2D eigenvalue weighted by Crippen LogP contribution is 2.53. The third kappa shape index (κ3) is 1.66. The summed E-state index contributed by atoms with van der Waals surface area (Å²) in [5.41, 5.74) is 5.11. The number of hydrogen-bond acceptors (Lipinski definition) is 3. The fourth-order valence-electron chi connectivity index (χ4n) is 4.55. The summed E-state index contributed by atoms with van der Waals surface area (Å²) < 4.78 is 2.69. The lowest BCUT2D eigenvalue weighted by atomic mass is 9.80. The first-order valence-corrected chi connectivity index (χ1v) is 9.65. The Hall–Kier alpha value is -2.78. The summed E-state index contributed by atoms with van der Waals surface area (Å²) in [5, 5.41) is 5.17. The van der Waals surface area contributed by atoms with Crippen molar-refractivity contribution >= 4 is 42.3 Å². The van der Waals surface area contributed by atoms with Gasteiger partial charge in [-0.3, -0.25) is 9.97 Å². The van der Waals surface area contributed by atoms with Crippen LogP contribution in [0.25, 0.3) is 42.2 Å². The summed E-state index contributed by atoms with van der Waals surface area (Å²) in [6.07, 6.45) is 5.73. The second-order valence-corrected chi connectivity index (χ2v) is 8.64. The van der Waals surface area contributed by atoms with Crippen LogP contribution in [-0.2, 0) is 5.41 Å². The molecule has 0 saturated heterocycles. The molecule has 0 radical (unpaired) electrons. The summed E-state index contributed by atoms with van der Waals surface area (Å²) >= 11 is 1.88. The van der Waals surface area contributed by atoms with Crippen molar-refractivity contribution in [3.05, 3.63) is 72.2 Å². The van der Waals surface area contributed by atoms with E-state index in [4.69, 9.17) is 4.98 Å².